The molecule has 0 fully saturated rings. The number of anilines is 2. The van der Waals surface area contributed by atoms with Gasteiger partial charge >= 0.3 is 0 Å². The van der Waals surface area contributed by atoms with E-state index in [2.05, 4.69) is 22.5 Å². The minimum absolute atomic E-state index is 0.194. The number of carbonyl (C=O) groups excluding carboxylic acids is 1. The molecule has 0 bridgehead atoms. The van der Waals surface area contributed by atoms with Crippen LogP contribution >= 0.6 is 0 Å². The maximum Gasteiger partial charge on any atom is 0.257 e. The quantitative estimate of drug-likeness (QED) is 0.608. The average Bonchev–Trinajstić information content (AvgIpc) is 2.72. The predicted octanol–water partition coefficient (Wildman–Crippen LogP) is 4.73. The Bertz CT molecular complexity index is 864. The highest BCUT2D eigenvalue weighted by Gasteiger charge is 2.08. The third kappa shape index (κ3) is 5.57. The summed E-state index contributed by atoms with van der Waals surface area (Å²) in [6, 6.07) is 19.1. The Morgan fingerprint density at radius 2 is 1.78 bits per heavy atom. The average molecular weight is 361 g/mol. The van der Waals surface area contributed by atoms with Crippen LogP contribution in [-0.2, 0) is 6.61 Å². The first-order chi connectivity index (χ1) is 13.2. The molecule has 0 atom stereocenters. The molecule has 1 amide bonds. The van der Waals surface area contributed by atoms with Crippen molar-refractivity contribution >= 4 is 17.3 Å². The molecular weight excluding hydrogens is 338 g/mol. The van der Waals surface area contributed by atoms with Gasteiger partial charge in [0.05, 0.1) is 11.3 Å². The number of benzene rings is 2. The number of nitrogens with zero attached hydrogens (tertiary/aromatic N) is 1. The number of pyridine rings is 1. The number of aromatic nitrogens is 1. The van der Waals surface area contributed by atoms with E-state index in [4.69, 9.17) is 4.74 Å². The third-order valence-corrected chi connectivity index (χ3v) is 3.94. The first-order valence-electron chi connectivity index (χ1n) is 9.01. The molecule has 27 heavy (non-hydrogen) atoms. The summed E-state index contributed by atoms with van der Waals surface area (Å²) < 4.78 is 5.76. The molecule has 1 aromatic heterocycles. The van der Waals surface area contributed by atoms with Gasteiger partial charge in [-0.25, -0.2) is 0 Å². The third-order valence-electron chi connectivity index (χ3n) is 3.94. The lowest BCUT2D eigenvalue weighted by Crippen LogP contribution is -2.13. The number of hydrogen-bond acceptors (Lipinski definition) is 4. The van der Waals surface area contributed by atoms with Crippen molar-refractivity contribution in [2.24, 2.45) is 0 Å². The molecule has 2 aromatic carbocycles. The van der Waals surface area contributed by atoms with E-state index < -0.39 is 0 Å². The number of hydrogen-bond donors (Lipinski definition) is 2. The van der Waals surface area contributed by atoms with Crippen molar-refractivity contribution in [3.8, 4) is 5.75 Å². The summed E-state index contributed by atoms with van der Waals surface area (Å²) in [5.74, 6) is 0.560. The molecule has 0 aliphatic rings. The van der Waals surface area contributed by atoms with Crippen LogP contribution in [0, 0.1) is 0 Å². The Kier molecular flexibility index (Phi) is 6.41. The van der Waals surface area contributed by atoms with Gasteiger partial charge in [0.25, 0.3) is 5.91 Å². The summed E-state index contributed by atoms with van der Waals surface area (Å²) in [5.41, 5.74) is 3.17. The van der Waals surface area contributed by atoms with E-state index in [-0.39, 0.29) is 5.91 Å². The molecule has 1 heterocycles. The van der Waals surface area contributed by atoms with E-state index in [0.29, 0.717) is 17.9 Å². The Morgan fingerprint density at radius 1 is 1.00 bits per heavy atom. The van der Waals surface area contributed by atoms with E-state index in [9.17, 15) is 4.79 Å². The first kappa shape index (κ1) is 18.5. The van der Waals surface area contributed by atoms with Crippen molar-refractivity contribution < 1.29 is 9.53 Å². The zero-order chi connectivity index (χ0) is 18.9. The normalized spacial score (nSPS) is 10.3. The van der Waals surface area contributed by atoms with E-state index in [1.807, 2.05) is 54.6 Å². The number of rotatable bonds is 8. The maximum absolute atomic E-state index is 12.4. The van der Waals surface area contributed by atoms with Gasteiger partial charge in [-0.3, -0.25) is 9.78 Å². The zero-order valence-electron chi connectivity index (χ0n) is 15.3. The van der Waals surface area contributed by atoms with Crippen molar-refractivity contribution in [2.45, 2.75) is 20.0 Å². The molecule has 3 rings (SSSR count). The van der Waals surface area contributed by atoms with Crippen LogP contribution in [0.4, 0.5) is 11.4 Å². The van der Waals surface area contributed by atoms with Crippen molar-refractivity contribution in [1.82, 2.24) is 4.98 Å². The molecular formula is C22H23N3O2. The summed E-state index contributed by atoms with van der Waals surface area (Å²) in [7, 11) is 0. The summed E-state index contributed by atoms with van der Waals surface area (Å²) in [6.07, 6.45) is 4.28. The number of carbonyl (C=O) groups is 1. The van der Waals surface area contributed by atoms with E-state index >= 15 is 0 Å². The van der Waals surface area contributed by atoms with Crippen molar-refractivity contribution in [3.05, 3.63) is 84.2 Å². The Morgan fingerprint density at radius 3 is 2.52 bits per heavy atom. The Labute approximate surface area is 159 Å². The van der Waals surface area contributed by atoms with Crippen molar-refractivity contribution in [2.75, 3.05) is 17.2 Å². The molecule has 2 N–H and O–H groups in total. The fourth-order valence-corrected chi connectivity index (χ4v) is 2.51. The van der Waals surface area contributed by atoms with Gasteiger partial charge in [0.2, 0.25) is 0 Å². The van der Waals surface area contributed by atoms with Gasteiger partial charge in [-0.2, -0.15) is 0 Å². The Balaban J connectivity index is 1.57. The zero-order valence-corrected chi connectivity index (χ0v) is 15.3. The van der Waals surface area contributed by atoms with Gasteiger partial charge in [0.15, 0.2) is 0 Å². The van der Waals surface area contributed by atoms with Crippen LogP contribution in [0.25, 0.3) is 0 Å². The fraction of sp³-hybridized carbons (Fsp3) is 0.182. The summed E-state index contributed by atoms with van der Waals surface area (Å²) >= 11 is 0. The van der Waals surface area contributed by atoms with Gasteiger partial charge in [0, 0.05) is 24.6 Å². The molecule has 5 nitrogen and oxygen atoms in total. The molecule has 0 spiro atoms. The fourth-order valence-electron chi connectivity index (χ4n) is 2.51. The summed E-state index contributed by atoms with van der Waals surface area (Å²) in [6.45, 7) is 3.44. The molecule has 0 aliphatic heterocycles. The summed E-state index contributed by atoms with van der Waals surface area (Å²) in [4.78, 5) is 16.5. The molecule has 5 heteroatoms. The highest BCUT2D eigenvalue weighted by molar-refractivity contribution is 6.04. The van der Waals surface area contributed by atoms with Crippen LogP contribution in [-0.4, -0.2) is 17.4 Å². The lowest BCUT2D eigenvalue weighted by Gasteiger charge is -2.09. The Hall–Kier alpha value is -3.34. The van der Waals surface area contributed by atoms with Crippen LogP contribution < -0.4 is 15.4 Å². The molecule has 0 aliphatic carbocycles. The molecule has 0 unspecified atom stereocenters. The maximum atomic E-state index is 12.4. The highest BCUT2D eigenvalue weighted by atomic mass is 16.5. The topological polar surface area (TPSA) is 63.2 Å². The lowest BCUT2D eigenvalue weighted by atomic mass is 10.2. The molecule has 138 valence electrons. The first-order valence-corrected chi connectivity index (χ1v) is 9.01. The van der Waals surface area contributed by atoms with E-state index in [1.165, 1.54) is 0 Å². The smallest absolute Gasteiger partial charge is 0.257 e. The van der Waals surface area contributed by atoms with Gasteiger partial charge in [-0.05, 0) is 42.3 Å². The van der Waals surface area contributed by atoms with E-state index in [0.717, 1.165) is 30.0 Å². The number of ether oxygens (including phenoxy) is 1. The summed E-state index contributed by atoms with van der Waals surface area (Å²) in [5, 5.41) is 6.11. The predicted molar refractivity (Wildman–Crippen MR) is 108 cm³/mol. The van der Waals surface area contributed by atoms with E-state index in [1.54, 1.807) is 18.5 Å². The standard InChI is InChI=1S/C22H23N3O2/c1-2-12-24-20-13-18(14-23-15-20)22(26)25-19-8-10-21(11-9-19)27-16-17-6-4-3-5-7-17/h3-11,13-15,24H,2,12,16H2,1H3,(H,25,26). The van der Waals surface area contributed by atoms with Crippen LogP contribution in [0.2, 0.25) is 0 Å². The largest absolute Gasteiger partial charge is 0.489 e. The van der Waals surface area contributed by atoms with Crippen LogP contribution in [0.3, 0.4) is 0 Å². The molecule has 0 radical (unpaired) electrons. The molecule has 0 saturated heterocycles. The molecule has 0 saturated carbocycles. The van der Waals surface area contributed by atoms with Gasteiger partial charge in [-0.15, -0.1) is 0 Å². The second-order valence-electron chi connectivity index (χ2n) is 6.14. The monoisotopic (exact) mass is 361 g/mol. The molecule has 3 aromatic rings. The van der Waals surface area contributed by atoms with Gasteiger partial charge in [0.1, 0.15) is 12.4 Å². The number of amides is 1. The van der Waals surface area contributed by atoms with Gasteiger partial charge in [-0.1, -0.05) is 37.3 Å². The highest BCUT2D eigenvalue weighted by Crippen LogP contribution is 2.18. The van der Waals surface area contributed by atoms with Crippen LogP contribution in [0.5, 0.6) is 5.75 Å². The SMILES string of the molecule is CCCNc1cncc(C(=O)Nc2ccc(OCc3ccccc3)cc2)c1. The minimum atomic E-state index is -0.194. The van der Waals surface area contributed by atoms with Crippen molar-refractivity contribution in [1.29, 1.82) is 0 Å². The number of nitrogens with one attached hydrogen (secondary N) is 2. The minimum Gasteiger partial charge on any atom is -0.489 e. The van der Waals surface area contributed by atoms with Gasteiger partial charge < -0.3 is 15.4 Å². The second-order valence-corrected chi connectivity index (χ2v) is 6.14. The van der Waals surface area contributed by atoms with Crippen molar-refractivity contribution in [3.63, 3.8) is 0 Å². The van der Waals surface area contributed by atoms with Crippen LogP contribution in [0.1, 0.15) is 29.3 Å². The lowest BCUT2D eigenvalue weighted by molar-refractivity contribution is 0.102. The second kappa shape index (κ2) is 9.38. The van der Waals surface area contributed by atoms with Crippen LogP contribution in [0.15, 0.2) is 73.1 Å².